The lowest BCUT2D eigenvalue weighted by molar-refractivity contribution is -0.0622. The van der Waals surface area contributed by atoms with Crippen LogP contribution in [0.4, 0.5) is 5.69 Å². The number of hydrogen-bond acceptors (Lipinski definition) is 7. The molecule has 8 nitrogen and oxygen atoms in total. The quantitative estimate of drug-likeness (QED) is 0.288. The molecule has 2 bridgehead atoms. The fourth-order valence-electron chi connectivity index (χ4n) is 9.08. The lowest BCUT2D eigenvalue weighted by Gasteiger charge is -2.49. The minimum Gasteiger partial charge on any atom is -0.490 e. The van der Waals surface area contributed by atoms with Gasteiger partial charge in [0.25, 0.3) is 5.91 Å². The molecule has 1 saturated carbocycles. The first-order valence-electron chi connectivity index (χ1n) is 20.2. The van der Waals surface area contributed by atoms with Crippen LogP contribution in [-0.4, -0.2) is 85.9 Å². The Morgan fingerprint density at radius 3 is 2.64 bits per heavy atom. The number of hydrogen-bond donors (Lipinski definition) is 2. The number of carbonyl (C=O) groups is 1. The highest BCUT2D eigenvalue weighted by Gasteiger charge is 2.47. The Labute approximate surface area is 326 Å². The Hall–Kier alpha value is -2.43. The summed E-state index contributed by atoms with van der Waals surface area (Å²) in [6.45, 7) is 13.3. The Bertz CT molecular complexity index is 1610. The molecule has 5 unspecified atom stereocenters. The maximum Gasteiger partial charge on any atom is 0.263 e. The van der Waals surface area contributed by atoms with Gasteiger partial charge in [-0.2, -0.15) is 0 Å². The molecule has 7 rings (SSSR count). The first-order valence-corrected chi connectivity index (χ1v) is 21.8. The van der Waals surface area contributed by atoms with Gasteiger partial charge in [-0.15, -0.1) is 0 Å². The van der Waals surface area contributed by atoms with Crippen LogP contribution >= 0.6 is 11.6 Å². The fourth-order valence-corrected chi connectivity index (χ4v) is 10.3. The van der Waals surface area contributed by atoms with Crippen LogP contribution in [0, 0.1) is 17.8 Å². The zero-order chi connectivity index (χ0) is 37.6. The summed E-state index contributed by atoms with van der Waals surface area (Å²) in [6, 6.07) is 12.0. The van der Waals surface area contributed by atoms with Crippen LogP contribution < -0.4 is 19.7 Å². The molecule has 2 aliphatic carbocycles. The van der Waals surface area contributed by atoms with Gasteiger partial charge < -0.3 is 24.6 Å². The largest absolute Gasteiger partial charge is 0.490 e. The van der Waals surface area contributed by atoms with Crippen molar-refractivity contribution in [3.05, 3.63) is 70.3 Å². The highest BCUT2D eigenvalue weighted by Crippen LogP contribution is 2.49. The minimum absolute atomic E-state index is 0.133. The Balaban J connectivity index is 0.000000376. The van der Waals surface area contributed by atoms with E-state index in [2.05, 4.69) is 65.0 Å². The van der Waals surface area contributed by atoms with E-state index < -0.39 is 11.0 Å². The Morgan fingerprint density at radius 2 is 1.85 bits per heavy atom. The molecule has 1 amide bonds. The predicted octanol–water partition coefficient (Wildman–Crippen LogP) is 7.70. The van der Waals surface area contributed by atoms with Gasteiger partial charge in [-0.3, -0.25) is 9.52 Å². The summed E-state index contributed by atoms with van der Waals surface area (Å²) in [5.74, 6) is 1.42. The number of halogens is 1. The fraction of sp³-hybridized carbons (Fsp3) is 0.651. The second-order valence-corrected chi connectivity index (χ2v) is 18.6. The van der Waals surface area contributed by atoms with E-state index in [1.165, 1.54) is 56.4 Å². The number of nitrogens with zero attached hydrogens (tertiary/aromatic N) is 2. The second-order valence-electron chi connectivity index (χ2n) is 16.6. The van der Waals surface area contributed by atoms with Gasteiger partial charge in [-0.25, -0.2) is 4.21 Å². The summed E-state index contributed by atoms with van der Waals surface area (Å²) in [7, 11) is 2.51. The first-order chi connectivity index (χ1) is 25.5. The van der Waals surface area contributed by atoms with Gasteiger partial charge >= 0.3 is 0 Å². The molecule has 7 atom stereocenters. The van der Waals surface area contributed by atoms with Crippen LogP contribution in [-0.2, 0) is 27.6 Å². The van der Waals surface area contributed by atoms with Crippen LogP contribution in [0.25, 0.3) is 0 Å². The number of fused-ring (bicyclic) bond motifs is 4. The standard InChI is InChI=1S/C34H43ClN2O4S.C9H20N2/c1-22-7-5-15-33(3,40-4)28-12-9-26(28)19-37-20-34(16-6-8-24-17-27(35)11-13-29(24)34)21-41-31-14-10-25(18-30(31)37)32(38)36-42(39)23(22)2;1-11-8-5-3-2-4-6-10-7-9-11/h5,10-11,13-15,17-18,22-23,26,28H,6-9,12,16,19-21H2,1-4H3,(H,36,38);10H,2-9H2,1H3/b15-5+;/t22?,23?,26?,28?,33-,34-,42?;/m0./s1. The van der Waals surface area contributed by atoms with E-state index in [1.54, 1.807) is 6.07 Å². The number of ether oxygens (including phenoxy) is 2. The normalized spacial score (nSPS) is 33.4. The molecule has 3 aliphatic heterocycles. The summed E-state index contributed by atoms with van der Waals surface area (Å²) < 4.78 is 28.8. The number of methoxy groups -OCH3 is 1. The lowest BCUT2D eigenvalue weighted by Crippen LogP contribution is -2.52. The second kappa shape index (κ2) is 18.0. The number of amides is 1. The summed E-state index contributed by atoms with van der Waals surface area (Å²) in [4.78, 5) is 18.3. The average Bonchev–Trinajstić information content (AvgIpc) is 3.28. The molecule has 0 aromatic heterocycles. The zero-order valence-electron chi connectivity index (χ0n) is 32.8. The van der Waals surface area contributed by atoms with Gasteiger partial charge in [0, 0.05) is 49.3 Å². The molecule has 2 fully saturated rings. The van der Waals surface area contributed by atoms with Crippen LogP contribution in [0.3, 0.4) is 0 Å². The summed E-state index contributed by atoms with van der Waals surface area (Å²) in [6.07, 6.45) is 16.1. The van der Waals surface area contributed by atoms with Crippen LogP contribution in [0.2, 0.25) is 5.02 Å². The molecule has 10 heteroatoms. The molecule has 2 aromatic carbocycles. The van der Waals surface area contributed by atoms with Gasteiger partial charge in [0.05, 0.1) is 23.1 Å². The van der Waals surface area contributed by atoms with Crippen molar-refractivity contribution >= 4 is 34.2 Å². The van der Waals surface area contributed by atoms with E-state index in [0.29, 0.717) is 24.0 Å². The van der Waals surface area contributed by atoms with Gasteiger partial charge in [0.15, 0.2) is 0 Å². The molecule has 0 radical (unpaired) electrons. The van der Waals surface area contributed by atoms with Crippen LogP contribution in [0.5, 0.6) is 5.75 Å². The van der Waals surface area contributed by atoms with Crippen molar-refractivity contribution in [1.29, 1.82) is 0 Å². The molecule has 2 aromatic rings. The molecular formula is C43H63ClN4O4S. The molecule has 3 heterocycles. The molecular weight excluding hydrogens is 704 g/mol. The topological polar surface area (TPSA) is 83.1 Å². The summed E-state index contributed by atoms with van der Waals surface area (Å²) >= 11 is 6.43. The minimum atomic E-state index is -1.51. The SMILES string of the molecule is CN1CCCCCCNCC1.CO[C@@]1(C)/C=C/CC(C)C(C)S(=O)NC(=O)c2ccc3c(c2)N(CC2CCC21)C[C@@]1(CCCc2cc(Cl)ccc21)CO3. The summed E-state index contributed by atoms with van der Waals surface area (Å²) in [5, 5.41) is 4.02. The van der Waals surface area contributed by atoms with Crippen molar-refractivity contribution in [3.8, 4) is 5.75 Å². The number of likely N-dealkylation sites (N-methyl/N-ethyl adjacent to an activating group) is 1. The molecule has 2 N–H and O–H groups in total. The molecule has 292 valence electrons. The number of anilines is 1. The maximum absolute atomic E-state index is 13.4. The maximum atomic E-state index is 13.4. The van der Waals surface area contributed by atoms with Crippen molar-refractivity contribution in [2.24, 2.45) is 17.8 Å². The van der Waals surface area contributed by atoms with Crippen LogP contribution in [0.15, 0.2) is 48.6 Å². The number of benzene rings is 2. The van der Waals surface area contributed by atoms with Crippen molar-refractivity contribution in [3.63, 3.8) is 0 Å². The summed E-state index contributed by atoms with van der Waals surface area (Å²) in [5.41, 5.74) is 3.50. The molecule has 1 saturated heterocycles. The van der Waals surface area contributed by atoms with Gasteiger partial charge in [0.2, 0.25) is 0 Å². The van der Waals surface area contributed by atoms with Crippen molar-refractivity contribution in [1.82, 2.24) is 14.9 Å². The third kappa shape index (κ3) is 9.52. The lowest BCUT2D eigenvalue weighted by atomic mass is 9.64. The third-order valence-electron chi connectivity index (χ3n) is 13.0. The highest BCUT2D eigenvalue weighted by molar-refractivity contribution is 7.84. The zero-order valence-corrected chi connectivity index (χ0v) is 34.3. The van der Waals surface area contributed by atoms with E-state index in [4.69, 9.17) is 21.1 Å². The van der Waals surface area contributed by atoms with E-state index in [1.807, 2.05) is 32.2 Å². The number of nitrogens with one attached hydrogen (secondary N) is 2. The molecule has 5 aliphatic rings. The van der Waals surface area contributed by atoms with E-state index >= 15 is 0 Å². The monoisotopic (exact) mass is 766 g/mol. The van der Waals surface area contributed by atoms with Gasteiger partial charge in [-0.1, -0.05) is 49.6 Å². The third-order valence-corrected chi connectivity index (χ3v) is 14.7. The number of rotatable bonds is 1. The Kier molecular flexibility index (Phi) is 13.7. The number of aryl methyl sites for hydroxylation is 1. The van der Waals surface area contributed by atoms with Crippen molar-refractivity contribution in [2.75, 3.05) is 64.9 Å². The van der Waals surface area contributed by atoms with Gasteiger partial charge in [-0.05, 0) is 145 Å². The average molecular weight is 768 g/mol. The molecule has 53 heavy (non-hydrogen) atoms. The Morgan fingerprint density at radius 1 is 1.02 bits per heavy atom. The van der Waals surface area contributed by atoms with Crippen molar-refractivity contribution < 1.29 is 18.5 Å². The van der Waals surface area contributed by atoms with Crippen LogP contribution in [0.1, 0.15) is 100 Å². The van der Waals surface area contributed by atoms with E-state index in [-0.39, 0.29) is 28.1 Å². The van der Waals surface area contributed by atoms with Gasteiger partial charge in [0.1, 0.15) is 16.7 Å². The van der Waals surface area contributed by atoms with E-state index in [0.717, 1.165) is 74.6 Å². The van der Waals surface area contributed by atoms with Crippen molar-refractivity contribution in [2.45, 2.75) is 101 Å². The molecule has 1 spiro atoms. The number of carbonyl (C=O) groups excluding carboxylic acids is 1. The first kappa shape index (κ1) is 40.2. The van der Waals surface area contributed by atoms with E-state index in [9.17, 15) is 9.00 Å². The smallest absolute Gasteiger partial charge is 0.263 e. The predicted molar refractivity (Wildman–Crippen MR) is 219 cm³/mol. The number of allylic oxidation sites excluding steroid dienone is 1. The highest BCUT2D eigenvalue weighted by atomic mass is 35.5.